The van der Waals surface area contributed by atoms with Crippen molar-refractivity contribution in [2.75, 3.05) is 62.3 Å². The van der Waals surface area contributed by atoms with E-state index in [4.69, 9.17) is 9.47 Å². The number of morpholine rings is 1. The highest BCUT2D eigenvalue weighted by Gasteiger charge is 2.42. The molecule has 3 saturated heterocycles. The molecule has 0 aromatic heterocycles. The molecule has 0 aliphatic carbocycles. The fourth-order valence-electron chi connectivity index (χ4n) is 5.27. The Balaban J connectivity index is 1.11. The summed E-state index contributed by atoms with van der Waals surface area (Å²) in [6, 6.07) is 18.4. The lowest BCUT2D eigenvalue weighted by Crippen LogP contribution is -2.59. The molecule has 1 spiro atoms. The van der Waals surface area contributed by atoms with E-state index in [0.717, 1.165) is 56.9 Å². The van der Waals surface area contributed by atoms with Crippen LogP contribution in [0.5, 0.6) is 5.75 Å². The number of para-hydroxylation sites is 1. The second-order valence-corrected chi connectivity index (χ2v) is 9.52. The van der Waals surface area contributed by atoms with Gasteiger partial charge in [-0.2, -0.15) is 0 Å². The number of hydrogen-bond acceptors (Lipinski definition) is 5. The van der Waals surface area contributed by atoms with Crippen LogP contribution >= 0.6 is 0 Å². The molecule has 0 radical (unpaired) electrons. The van der Waals surface area contributed by atoms with E-state index in [-0.39, 0.29) is 18.1 Å². The van der Waals surface area contributed by atoms with E-state index in [0.29, 0.717) is 6.54 Å². The minimum atomic E-state index is -0.251. The molecular weight excluding hydrogens is 414 g/mol. The Kier molecular flexibility index (Phi) is 6.83. The third-order valence-corrected chi connectivity index (χ3v) is 7.28. The molecule has 0 saturated carbocycles. The van der Waals surface area contributed by atoms with Crippen LogP contribution in [-0.2, 0) is 9.53 Å². The van der Waals surface area contributed by atoms with Crippen molar-refractivity contribution >= 4 is 17.3 Å². The van der Waals surface area contributed by atoms with E-state index in [1.165, 1.54) is 31.6 Å². The zero-order chi connectivity index (χ0) is 22.5. The topological polar surface area (TPSA) is 45.2 Å². The van der Waals surface area contributed by atoms with Crippen LogP contribution < -0.4 is 14.5 Å². The van der Waals surface area contributed by atoms with Crippen LogP contribution in [0.25, 0.3) is 0 Å². The number of benzene rings is 2. The first-order chi connectivity index (χ1) is 16.2. The maximum atomic E-state index is 12.5. The van der Waals surface area contributed by atoms with Crippen molar-refractivity contribution < 1.29 is 14.3 Å². The SMILES string of the molecule is O=C1COC2(CCN(c3ccc(OCCCN4CCCC4)cc3)CC2)CN1c1ccccc1. The Morgan fingerprint density at radius 2 is 1.61 bits per heavy atom. The summed E-state index contributed by atoms with van der Waals surface area (Å²) >= 11 is 0. The third kappa shape index (κ3) is 5.33. The molecule has 3 aliphatic rings. The summed E-state index contributed by atoms with van der Waals surface area (Å²) in [6.07, 6.45) is 5.60. The summed E-state index contributed by atoms with van der Waals surface area (Å²) in [5.74, 6) is 0.992. The smallest absolute Gasteiger partial charge is 0.253 e. The molecule has 3 fully saturated rings. The Hall–Kier alpha value is -2.57. The van der Waals surface area contributed by atoms with Gasteiger partial charge in [0.2, 0.25) is 0 Å². The van der Waals surface area contributed by atoms with E-state index in [2.05, 4.69) is 34.1 Å². The van der Waals surface area contributed by atoms with Crippen molar-refractivity contribution in [1.29, 1.82) is 0 Å². The highest BCUT2D eigenvalue weighted by molar-refractivity contribution is 5.95. The average molecular weight is 450 g/mol. The summed E-state index contributed by atoms with van der Waals surface area (Å²) < 4.78 is 12.1. The maximum absolute atomic E-state index is 12.5. The van der Waals surface area contributed by atoms with Gasteiger partial charge in [0.05, 0.1) is 18.8 Å². The molecule has 0 atom stereocenters. The summed E-state index contributed by atoms with van der Waals surface area (Å²) in [6.45, 7) is 7.06. The van der Waals surface area contributed by atoms with Gasteiger partial charge in [-0.15, -0.1) is 0 Å². The standard InChI is InChI=1S/C27H35N3O3/c31-26-21-33-27(22-30(26)24-7-2-1-3-8-24)13-18-29(19-14-27)23-9-11-25(12-10-23)32-20-6-17-28-15-4-5-16-28/h1-3,7-12H,4-6,13-22H2. The van der Waals surface area contributed by atoms with Crippen LogP contribution in [0, 0.1) is 0 Å². The van der Waals surface area contributed by atoms with Crippen molar-refractivity contribution in [2.45, 2.75) is 37.7 Å². The Morgan fingerprint density at radius 3 is 2.33 bits per heavy atom. The lowest BCUT2D eigenvalue weighted by molar-refractivity contribution is -0.141. The van der Waals surface area contributed by atoms with E-state index >= 15 is 0 Å². The number of nitrogens with zero attached hydrogens (tertiary/aromatic N) is 3. The Labute approximate surface area is 197 Å². The van der Waals surface area contributed by atoms with Crippen molar-refractivity contribution in [3.63, 3.8) is 0 Å². The summed E-state index contributed by atoms with van der Waals surface area (Å²) in [7, 11) is 0. The number of carbonyl (C=O) groups excluding carboxylic acids is 1. The van der Waals surface area contributed by atoms with Crippen LogP contribution in [0.1, 0.15) is 32.1 Å². The van der Waals surface area contributed by atoms with Crippen LogP contribution in [0.15, 0.2) is 54.6 Å². The van der Waals surface area contributed by atoms with Gasteiger partial charge in [-0.3, -0.25) is 4.79 Å². The fourth-order valence-corrected chi connectivity index (χ4v) is 5.27. The van der Waals surface area contributed by atoms with E-state index in [9.17, 15) is 4.79 Å². The molecule has 1 amide bonds. The van der Waals surface area contributed by atoms with Gasteiger partial charge >= 0.3 is 0 Å². The van der Waals surface area contributed by atoms with Gasteiger partial charge in [-0.1, -0.05) is 18.2 Å². The number of amides is 1. The lowest BCUT2D eigenvalue weighted by atomic mass is 9.88. The predicted octanol–water partition coefficient (Wildman–Crippen LogP) is 3.95. The molecule has 6 nitrogen and oxygen atoms in total. The zero-order valence-electron chi connectivity index (χ0n) is 19.5. The van der Waals surface area contributed by atoms with Crippen LogP contribution in [0.2, 0.25) is 0 Å². The van der Waals surface area contributed by atoms with E-state index in [1.807, 2.05) is 35.2 Å². The first-order valence-corrected chi connectivity index (χ1v) is 12.4. The van der Waals surface area contributed by atoms with Crippen molar-refractivity contribution in [3.05, 3.63) is 54.6 Å². The van der Waals surface area contributed by atoms with Gasteiger partial charge in [-0.25, -0.2) is 0 Å². The molecule has 6 heteroatoms. The van der Waals surface area contributed by atoms with Crippen LogP contribution in [0.3, 0.4) is 0 Å². The lowest BCUT2D eigenvalue weighted by Gasteiger charge is -2.47. The van der Waals surface area contributed by atoms with E-state index < -0.39 is 0 Å². The minimum absolute atomic E-state index is 0.0465. The Morgan fingerprint density at radius 1 is 0.879 bits per heavy atom. The quantitative estimate of drug-likeness (QED) is 0.599. The molecule has 5 rings (SSSR count). The number of carbonyl (C=O) groups is 1. The van der Waals surface area contributed by atoms with Crippen molar-refractivity contribution in [1.82, 2.24) is 4.90 Å². The molecule has 3 aliphatic heterocycles. The first-order valence-electron chi connectivity index (χ1n) is 12.4. The summed E-state index contributed by atoms with van der Waals surface area (Å²) in [4.78, 5) is 19.3. The number of anilines is 2. The monoisotopic (exact) mass is 449 g/mol. The van der Waals surface area contributed by atoms with Crippen LogP contribution in [0.4, 0.5) is 11.4 Å². The minimum Gasteiger partial charge on any atom is -0.494 e. The van der Waals surface area contributed by atoms with Gasteiger partial charge < -0.3 is 24.2 Å². The second kappa shape index (κ2) is 10.1. The zero-order valence-corrected chi connectivity index (χ0v) is 19.5. The van der Waals surface area contributed by atoms with Gasteiger partial charge in [0.15, 0.2) is 0 Å². The molecular formula is C27H35N3O3. The normalized spacial score (nSPS) is 21.0. The Bertz CT molecular complexity index is 904. The molecule has 33 heavy (non-hydrogen) atoms. The van der Waals surface area contributed by atoms with E-state index in [1.54, 1.807) is 0 Å². The number of likely N-dealkylation sites (tertiary alicyclic amines) is 1. The summed E-state index contributed by atoms with van der Waals surface area (Å²) in [5, 5.41) is 0. The van der Waals surface area contributed by atoms with Gasteiger partial charge in [0, 0.05) is 31.0 Å². The third-order valence-electron chi connectivity index (χ3n) is 7.28. The maximum Gasteiger partial charge on any atom is 0.253 e. The average Bonchev–Trinajstić information content (AvgIpc) is 3.39. The molecule has 0 N–H and O–H groups in total. The van der Waals surface area contributed by atoms with Crippen molar-refractivity contribution in [2.24, 2.45) is 0 Å². The number of piperidine rings is 1. The number of rotatable bonds is 7. The molecule has 2 aromatic carbocycles. The van der Waals surface area contributed by atoms with Crippen LogP contribution in [-0.4, -0.2) is 68.9 Å². The van der Waals surface area contributed by atoms with Gasteiger partial charge in [-0.05, 0) is 81.6 Å². The highest BCUT2D eigenvalue weighted by atomic mass is 16.5. The summed E-state index contributed by atoms with van der Waals surface area (Å²) in [5.41, 5.74) is 1.93. The van der Waals surface area contributed by atoms with Gasteiger partial charge in [0.1, 0.15) is 12.4 Å². The molecule has 0 bridgehead atoms. The number of hydrogen-bond donors (Lipinski definition) is 0. The fraction of sp³-hybridized carbons (Fsp3) is 0.519. The predicted molar refractivity (Wildman–Crippen MR) is 131 cm³/mol. The first kappa shape index (κ1) is 22.2. The molecule has 2 aromatic rings. The second-order valence-electron chi connectivity index (χ2n) is 9.52. The largest absolute Gasteiger partial charge is 0.494 e. The highest BCUT2D eigenvalue weighted by Crippen LogP contribution is 2.34. The number of ether oxygens (including phenoxy) is 2. The van der Waals surface area contributed by atoms with Crippen molar-refractivity contribution in [3.8, 4) is 5.75 Å². The molecule has 0 unspecified atom stereocenters. The molecule has 3 heterocycles. The van der Waals surface area contributed by atoms with Gasteiger partial charge in [0.25, 0.3) is 5.91 Å². The molecule has 176 valence electrons.